The number of carbonyl (C=O) groups excluding carboxylic acids is 1. The molecule has 3 unspecified atom stereocenters. The van der Waals surface area contributed by atoms with Crippen molar-refractivity contribution in [3.63, 3.8) is 0 Å². The molecule has 3 N–H and O–H groups in total. The van der Waals surface area contributed by atoms with Gasteiger partial charge in [-0.15, -0.1) is 0 Å². The summed E-state index contributed by atoms with van der Waals surface area (Å²) >= 11 is 0. The molecule has 1 aliphatic heterocycles. The van der Waals surface area contributed by atoms with Crippen LogP contribution in [-0.4, -0.2) is 41.7 Å². The summed E-state index contributed by atoms with van der Waals surface area (Å²) in [6, 6.07) is 0. The second kappa shape index (κ2) is 7.41. The molecule has 0 aromatic heterocycles. The van der Waals surface area contributed by atoms with Gasteiger partial charge < -0.3 is 15.7 Å². The van der Waals surface area contributed by atoms with E-state index >= 15 is 0 Å². The van der Waals surface area contributed by atoms with E-state index in [1.807, 2.05) is 11.8 Å². The van der Waals surface area contributed by atoms with Gasteiger partial charge >= 0.3 is 0 Å². The second-order valence-corrected chi connectivity index (χ2v) is 7.31. The molecule has 118 valence electrons. The van der Waals surface area contributed by atoms with Crippen LogP contribution in [0.1, 0.15) is 53.4 Å². The van der Waals surface area contributed by atoms with Crippen molar-refractivity contribution in [2.45, 2.75) is 59.5 Å². The Morgan fingerprint density at radius 3 is 2.50 bits per heavy atom. The third-order valence-corrected chi connectivity index (χ3v) is 4.71. The molecule has 0 aromatic carbocycles. The molecule has 0 spiro atoms. The predicted octanol–water partition coefficient (Wildman–Crippen LogP) is 2.01. The van der Waals surface area contributed by atoms with E-state index in [-0.39, 0.29) is 23.3 Å². The van der Waals surface area contributed by atoms with E-state index in [0.29, 0.717) is 25.4 Å². The van der Waals surface area contributed by atoms with Crippen molar-refractivity contribution in [3.05, 3.63) is 0 Å². The molecule has 1 amide bonds. The Morgan fingerprint density at radius 2 is 2.05 bits per heavy atom. The molecule has 1 heterocycles. The number of aliphatic hydroxyl groups is 1. The van der Waals surface area contributed by atoms with Crippen LogP contribution in [0.4, 0.5) is 0 Å². The standard InChI is InChI=1S/C16H32N2O2/c1-12(19)13-8-10-18(11-13)15(20)6-5-14(7-9-17)16(2,3)4/h12-14,19H,5-11,17H2,1-4H3. The van der Waals surface area contributed by atoms with Gasteiger partial charge in [0, 0.05) is 25.4 Å². The number of carbonyl (C=O) groups is 1. The van der Waals surface area contributed by atoms with Crippen molar-refractivity contribution in [1.82, 2.24) is 4.90 Å². The van der Waals surface area contributed by atoms with Gasteiger partial charge in [0.15, 0.2) is 0 Å². The number of aliphatic hydroxyl groups excluding tert-OH is 1. The number of hydrogen-bond donors (Lipinski definition) is 2. The van der Waals surface area contributed by atoms with Gasteiger partial charge in [-0.25, -0.2) is 0 Å². The second-order valence-electron chi connectivity index (χ2n) is 7.31. The molecule has 0 aliphatic carbocycles. The molecule has 0 bridgehead atoms. The van der Waals surface area contributed by atoms with E-state index in [1.165, 1.54) is 0 Å². The summed E-state index contributed by atoms with van der Waals surface area (Å²) in [5.74, 6) is 0.979. The Labute approximate surface area is 123 Å². The fourth-order valence-electron chi connectivity index (χ4n) is 3.07. The van der Waals surface area contributed by atoms with Gasteiger partial charge in [0.1, 0.15) is 0 Å². The zero-order chi connectivity index (χ0) is 15.3. The first kappa shape index (κ1) is 17.4. The van der Waals surface area contributed by atoms with Crippen LogP contribution in [0.25, 0.3) is 0 Å². The lowest BCUT2D eigenvalue weighted by Crippen LogP contribution is -2.32. The fourth-order valence-corrected chi connectivity index (χ4v) is 3.07. The number of rotatable bonds is 6. The Hall–Kier alpha value is -0.610. The summed E-state index contributed by atoms with van der Waals surface area (Å²) in [6.45, 7) is 10.7. The molecule has 0 aromatic rings. The predicted molar refractivity (Wildman–Crippen MR) is 82.2 cm³/mol. The monoisotopic (exact) mass is 284 g/mol. The normalized spacial score (nSPS) is 22.9. The summed E-state index contributed by atoms with van der Waals surface area (Å²) in [6.07, 6.45) is 3.11. The van der Waals surface area contributed by atoms with Crippen molar-refractivity contribution in [2.24, 2.45) is 23.0 Å². The van der Waals surface area contributed by atoms with E-state index < -0.39 is 0 Å². The van der Waals surface area contributed by atoms with Gasteiger partial charge in [0.25, 0.3) is 0 Å². The van der Waals surface area contributed by atoms with E-state index in [0.717, 1.165) is 25.8 Å². The van der Waals surface area contributed by atoms with Crippen LogP contribution in [0.5, 0.6) is 0 Å². The largest absolute Gasteiger partial charge is 0.393 e. The highest BCUT2D eigenvalue weighted by atomic mass is 16.3. The summed E-state index contributed by atoms with van der Waals surface area (Å²) in [7, 11) is 0. The molecule has 4 heteroatoms. The van der Waals surface area contributed by atoms with Gasteiger partial charge in [-0.1, -0.05) is 20.8 Å². The Balaban J connectivity index is 2.43. The molecule has 1 fully saturated rings. The fraction of sp³-hybridized carbons (Fsp3) is 0.938. The highest BCUT2D eigenvalue weighted by Gasteiger charge is 2.30. The van der Waals surface area contributed by atoms with Crippen molar-refractivity contribution >= 4 is 5.91 Å². The Morgan fingerprint density at radius 1 is 1.40 bits per heavy atom. The van der Waals surface area contributed by atoms with Crippen molar-refractivity contribution in [2.75, 3.05) is 19.6 Å². The van der Waals surface area contributed by atoms with Crippen LogP contribution in [0.3, 0.4) is 0 Å². The van der Waals surface area contributed by atoms with E-state index in [1.54, 1.807) is 0 Å². The van der Waals surface area contributed by atoms with Crippen molar-refractivity contribution < 1.29 is 9.90 Å². The lowest BCUT2D eigenvalue weighted by atomic mass is 9.76. The lowest BCUT2D eigenvalue weighted by Gasteiger charge is -2.31. The highest BCUT2D eigenvalue weighted by molar-refractivity contribution is 5.76. The van der Waals surface area contributed by atoms with Crippen molar-refractivity contribution in [1.29, 1.82) is 0 Å². The zero-order valence-corrected chi connectivity index (χ0v) is 13.6. The number of hydrogen-bond acceptors (Lipinski definition) is 3. The Kier molecular flexibility index (Phi) is 6.46. The van der Waals surface area contributed by atoms with Crippen LogP contribution in [0.2, 0.25) is 0 Å². The van der Waals surface area contributed by atoms with Gasteiger partial charge in [-0.05, 0) is 44.1 Å². The number of nitrogens with zero attached hydrogens (tertiary/aromatic N) is 1. The zero-order valence-electron chi connectivity index (χ0n) is 13.6. The molecule has 3 atom stereocenters. The maximum Gasteiger partial charge on any atom is 0.222 e. The molecule has 1 saturated heterocycles. The first-order valence-corrected chi connectivity index (χ1v) is 7.91. The van der Waals surface area contributed by atoms with E-state index in [2.05, 4.69) is 20.8 Å². The Bertz CT molecular complexity index is 310. The quantitative estimate of drug-likeness (QED) is 0.784. The maximum atomic E-state index is 12.3. The van der Waals surface area contributed by atoms with Gasteiger partial charge in [-0.2, -0.15) is 0 Å². The molecule has 0 saturated carbocycles. The molecule has 20 heavy (non-hydrogen) atoms. The molecular formula is C16H32N2O2. The van der Waals surface area contributed by atoms with Crippen LogP contribution < -0.4 is 5.73 Å². The SMILES string of the molecule is CC(O)C1CCN(C(=O)CCC(CCN)C(C)(C)C)C1. The van der Waals surface area contributed by atoms with Gasteiger partial charge in [0.05, 0.1) is 6.10 Å². The third-order valence-electron chi connectivity index (χ3n) is 4.71. The average Bonchev–Trinajstić information content (AvgIpc) is 2.82. The molecule has 1 aliphatic rings. The average molecular weight is 284 g/mol. The van der Waals surface area contributed by atoms with Gasteiger partial charge in [-0.3, -0.25) is 4.79 Å². The van der Waals surface area contributed by atoms with Crippen LogP contribution in [-0.2, 0) is 4.79 Å². The van der Waals surface area contributed by atoms with Gasteiger partial charge in [0.2, 0.25) is 5.91 Å². The molecular weight excluding hydrogens is 252 g/mol. The first-order chi connectivity index (χ1) is 9.25. The summed E-state index contributed by atoms with van der Waals surface area (Å²) in [4.78, 5) is 14.2. The first-order valence-electron chi connectivity index (χ1n) is 7.91. The van der Waals surface area contributed by atoms with Crippen molar-refractivity contribution in [3.8, 4) is 0 Å². The number of amides is 1. The topological polar surface area (TPSA) is 66.6 Å². The minimum absolute atomic E-state index is 0.201. The highest BCUT2D eigenvalue weighted by Crippen LogP contribution is 2.32. The third kappa shape index (κ3) is 5.06. The minimum Gasteiger partial charge on any atom is -0.393 e. The summed E-state index contributed by atoms with van der Waals surface area (Å²) in [5, 5.41) is 9.59. The smallest absolute Gasteiger partial charge is 0.222 e. The molecule has 0 radical (unpaired) electrons. The molecule has 4 nitrogen and oxygen atoms in total. The lowest BCUT2D eigenvalue weighted by molar-refractivity contribution is -0.130. The summed E-state index contributed by atoms with van der Waals surface area (Å²) < 4.78 is 0. The maximum absolute atomic E-state index is 12.3. The number of nitrogens with two attached hydrogens (primary N) is 1. The number of likely N-dealkylation sites (tertiary alicyclic amines) is 1. The van der Waals surface area contributed by atoms with E-state index in [4.69, 9.17) is 5.73 Å². The van der Waals surface area contributed by atoms with Crippen LogP contribution in [0.15, 0.2) is 0 Å². The van der Waals surface area contributed by atoms with Crippen LogP contribution in [0, 0.1) is 17.3 Å². The van der Waals surface area contributed by atoms with E-state index in [9.17, 15) is 9.90 Å². The summed E-state index contributed by atoms with van der Waals surface area (Å²) in [5.41, 5.74) is 5.88. The molecule has 1 rings (SSSR count). The minimum atomic E-state index is -0.313. The van der Waals surface area contributed by atoms with Crippen LogP contribution >= 0.6 is 0 Å².